The van der Waals surface area contributed by atoms with Crippen LogP contribution in [0.1, 0.15) is 22.8 Å². The Morgan fingerprint density at radius 3 is 2.50 bits per heavy atom. The van der Waals surface area contributed by atoms with Crippen LogP contribution < -0.4 is 0 Å². The maximum absolute atomic E-state index is 14.5. The Labute approximate surface area is 127 Å². The zero-order valence-corrected chi connectivity index (χ0v) is 12.0. The molecular weight excluding hydrogens is 279 g/mol. The molecule has 110 valence electrons. The molecule has 0 unspecified atom stereocenters. The summed E-state index contributed by atoms with van der Waals surface area (Å²) < 4.78 is 14.5. The molecule has 2 nitrogen and oxygen atoms in total. The van der Waals surface area contributed by atoms with Crippen molar-refractivity contribution in [1.82, 2.24) is 0 Å². The molecule has 2 N–H and O–H groups in total. The predicted molar refractivity (Wildman–Crippen MR) is 86.1 cm³/mol. The average molecular weight is 294 g/mol. The summed E-state index contributed by atoms with van der Waals surface area (Å²) in [5, 5.41) is 23.2. The summed E-state index contributed by atoms with van der Waals surface area (Å²) in [4.78, 5) is 0. The lowest BCUT2D eigenvalue weighted by molar-refractivity contribution is 0.0471. The number of rotatable bonds is 0. The molecule has 22 heavy (non-hydrogen) atoms. The Kier molecular flexibility index (Phi) is 2.83. The second-order valence-electron chi connectivity index (χ2n) is 5.82. The van der Waals surface area contributed by atoms with Crippen LogP contribution in [-0.4, -0.2) is 16.3 Å². The highest BCUT2D eigenvalue weighted by Crippen LogP contribution is 2.39. The molecule has 2 atom stereocenters. The van der Waals surface area contributed by atoms with Crippen molar-refractivity contribution in [3.8, 4) is 0 Å². The normalized spacial score (nSPS) is 20.5. The molecule has 1 aliphatic rings. The van der Waals surface area contributed by atoms with Crippen molar-refractivity contribution in [2.75, 3.05) is 0 Å². The Morgan fingerprint density at radius 1 is 1.00 bits per heavy atom. The van der Waals surface area contributed by atoms with Crippen molar-refractivity contribution in [2.45, 2.75) is 19.1 Å². The molecule has 3 heteroatoms. The van der Waals surface area contributed by atoms with E-state index in [9.17, 15) is 14.6 Å². The van der Waals surface area contributed by atoms with Gasteiger partial charge in [-0.05, 0) is 45.8 Å². The fourth-order valence-electron chi connectivity index (χ4n) is 3.42. The van der Waals surface area contributed by atoms with Gasteiger partial charge in [0, 0.05) is 5.39 Å². The van der Waals surface area contributed by atoms with Gasteiger partial charge in [0.05, 0.1) is 0 Å². The first-order valence-corrected chi connectivity index (χ1v) is 7.26. The molecule has 3 aromatic carbocycles. The molecule has 0 saturated carbocycles. The van der Waals surface area contributed by atoms with Gasteiger partial charge in [0.1, 0.15) is 18.0 Å². The average Bonchev–Trinajstić information content (AvgIpc) is 2.51. The van der Waals surface area contributed by atoms with E-state index in [2.05, 4.69) is 0 Å². The smallest absolute Gasteiger partial charge is 0.131 e. The maximum atomic E-state index is 14.5. The van der Waals surface area contributed by atoms with Gasteiger partial charge in [-0.3, -0.25) is 0 Å². The van der Waals surface area contributed by atoms with Crippen LogP contribution in [0.3, 0.4) is 0 Å². The molecule has 3 aromatic rings. The molecule has 0 fully saturated rings. The molecule has 0 aromatic heterocycles. The molecule has 0 aliphatic heterocycles. The third-order valence-electron chi connectivity index (χ3n) is 4.46. The van der Waals surface area contributed by atoms with Gasteiger partial charge in [-0.25, -0.2) is 4.39 Å². The van der Waals surface area contributed by atoms with Crippen molar-refractivity contribution >= 4 is 27.6 Å². The van der Waals surface area contributed by atoms with Crippen LogP contribution in [0.25, 0.3) is 27.6 Å². The van der Waals surface area contributed by atoms with Crippen LogP contribution >= 0.6 is 0 Å². The second kappa shape index (κ2) is 4.63. The van der Waals surface area contributed by atoms with E-state index < -0.39 is 12.2 Å². The zero-order valence-electron chi connectivity index (χ0n) is 12.0. The van der Waals surface area contributed by atoms with Crippen molar-refractivity contribution in [3.63, 3.8) is 0 Å². The van der Waals surface area contributed by atoms with Crippen molar-refractivity contribution in [2.24, 2.45) is 0 Å². The number of halogens is 1. The van der Waals surface area contributed by atoms with Gasteiger partial charge in [-0.2, -0.15) is 0 Å². The van der Waals surface area contributed by atoms with Crippen LogP contribution in [0.5, 0.6) is 0 Å². The van der Waals surface area contributed by atoms with Gasteiger partial charge in [0.25, 0.3) is 0 Å². The molecule has 1 aliphatic carbocycles. The highest BCUT2D eigenvalue weighted by atomic mass is 19.1. The molecule has 0 amide bonds. The van der Waals surface area contributed by atoms with Crippen molar-refractivity contribution in [3.05, 3.63) is 65.0 Å². The minimum atomic E-state index is -0.974. The zero-order chi connectivity index (χ0) is 15.4. The first-order chi connectivity index (χ1) is 10.6. The number of benzene rings is 3. The topological polar surface area (TPSA) is 40.5 Å². The molecule has 0 radical (unpaired) electrons. The van der Waals surface area contributed by atoms with Crippen LogP contribution in [0.4, 0.5) is 4.39 Å². The predicted octanol–water partition coefficient (Wildman–Crippen LogP) is 3.86. The lowest BCUT2D eigenvalue weighted by Gasteiger charge is -2.24. The van der Waals surface area contributed by atoms with Gasteiger partial charge < -0.3 is 10.2 Å². The minimum Gasteiger partial charge on any atom is -0.386 e. The van der Waals surface area contributed by atoms with Crippen molar-refractivity contribution in [1.29, 1.82) is 0 Å². The van der Waals surface area contributed by atoms with Gasteiger partial charge in [-0.15, -0.1) is 0 Å². The van der Waals surface area contributed by atoms with Crippen LogP contribution in [0.15, 0.2) is 42.5 Å². The van der Waals surface area contributed by atoms with Crippen LogP contribution in [0.2, 0.25) is 0 Å². The number of hydrogen-bond donors (Lipinski definition) is 2. The van der Waals surface area contributed by atoms with E-state index in [-0.39, 0.29) is 5.82 Å². The first kappa shape index (κ1) is 13.4. The maximum Gasteiger partial charge on any atom is 0.131 e. The fourth-order valence-corrected chi connectivity index (χ4v) is 3.42. The van der Waals surface area contributed by atoms with Gasteiger partial charge in [0.15, 0.2) is 0 Å². The molecular formula is C19H15FO2. The second-order valence-corrected chi connectivity index (χ2v) is 5.82. The monoisotopic (exact) mass is 294 g/mol. The van der Waals surface area contributed by atoms with E-state index in [4.69, 9.17) is 0 Å². The Balaban J connectivity index is 2.22. The van der Waals surface area contributed by atoms with E-state index in [1.807, 2.05) is 31.2 Å². The molecule has 0 spiro atoms. The first-order valence-electron chi connectivity index (χ1n) is 7.26. The SMILES string of the molecule is Cc1cc2c(c3cc(F)c4ccccc4c13)C=C[C@@H](O)[C@@H]2O. The summed E-state index contributed by atoms with van der Waals surface area (Å²) in [5.41, 5.74) is 2.39. The summed E-state index contributed by atoms with van der Waals surface area (Å²) in [6, 6.07) is 10.8. The van der Waals surface area contributed by atoms with Crippen molar-refractivity contribution < 1.29 is 14.6 Å². The largest absolute Gasteiger partial charge is 0.386 e. The van der Waals surface area contributed by atoms with Gasteiger partial charge in [0.2, 0.25) is 0 Å². The Bertz CT molecular complexity index is 943. The fraction of sp³-hybridized carbons (Fsp3) is 0.158. The quantitative estimate of drug-likeness (QED) is 0.618. The number of aliphatic hydroxyl groups excluding tert-OH is 2. The number of hydrogen-bond acceptors (Lipinski definition) is 2. The molecule has 0 bridgehead atoms. The Hall–Kier alpha value is -2.23. The highest BCUT2D eigenvalue weighted by Gasteiger charge is 2.25. The molecule has 4 rings (SSSR count). The van der Waals surface area contributed by atoms with E-state index in [0.29, 0.717) is 10.9 Å². The molecule has 0 saturated heterocycles. The summed E-state index contributed by atoms with van der Waals surface area (Å²) >= 11 is 0. The standard InChI is InChI=1S/C19H15FO2/c1-10-8-15-11(6-7-17(21)19(15)22)14-9-16(20)12-4-2-3-5-13(12)18(10)14/h2-9,17,19,21-22H,1H3/t17-,19-/m1/s1. The van der Waals surface area contributed by atoms with Gasteiger partial charge in [-0.1, -0.05) is 42.5 Å². The third-order valence-corrected chi connectivity index (χ3v) is 4.46. The van der Waals surface area contributed by atoms with Crippen LogP contribution in [-0.2, 0) is 0 Å². The number of aliphatic hydroxyl groups is 2. The number of fused-ring (bicyclic) bond motifs is 5. The van der Waals surface area contributed by atoms with Crippen LogP contribution in [0, 0.1) is 12.7 Å². The number of aryl methyl sites for hydroxylation is 1. The summed E-state index contributed by atoms with van der Waals surface area (Å²) in [5.74, 6) is -0.273. The van der Waals surface area contributed by atoms with E-state index >= 15 is 0 Å². The van der Waals surface area contributed by atoms with E-state index in [1.54, 1.807) is 18.2 Å². The third kappa shape index (κ3) is 1.73. The summed E-state index contributed by atoms with van der Waals surface area (Å²) in [7, 11) is 0. The lowest BCUT2D eigenvalue weighted by atomic mass is 9.85. The Morgan fingerprint density at radius 2 is 1.73 bits per heavy atom. The van der Waals surface area contributed by atoms with E-state index in [0.717, 1.165) is 27.3 Å². The van der Waals surface area contributed by atoms with Gasteiger partial charge >= 0.3 is 0 Å². The van der Waals surface area contributed by atoms with E-state index in [1.165, 1.54) is 6.07 Å². The summed E-state index contributed by atoms with van der Waals surface area (Å²) in [6.07, 6.45) is 1.42. The minimum absolute atomic E-state index is 0.273. The lowest BCUT2D eigenvalue weighted by Crippen LogP contribution is -2.19. The summed E-state index contributed by atoms with van der Waals surface area (Å²) in [6.45, 7) is 1.95. The highest BCUT2D eigenvalue weighted by molar-refractivity contribution is 6.12. The molecule has 0 heterocycles.